The maximum Gasteiger partial charge on any atom is 0.293 e. The molecule has 0 atom stereocenters. The van der Waals surface area contributed by atoms with Crippen LogP contribution in [0.25, 0.3) is 0 Å². The Labute approximate surface area is 177 Å². The molecule has 0 aromatic heterocycles. The third kappa shape index (κ3) is 4.34. The first-order chi connectivity index (χ1) is 14.8. The molecule has 3 nitrogen and oxygen atoms in total. The zero-order chi connectivity index (χ0) is 20.7. The van der Waals surface area contributed by atoms with Crippen molar-refractivity contribution in [3.8, 4) is 0 Å². The molecule has 0 radical (unpaired) electrons. The van der Waals surface area contributed by atoms with E-state index in [1.165, 1.54) is 0 Å². The normalized spacial score (nSPS) is 11.1. The van der Waals surface area contributed by atoms with Gasteiger partial charge in [0, 0.05) is 0 Å². The van der Waals surface area contributed by atoms with Gasteiger partial charge >= 0.3 is 0 Å². The molecule has 0 unspecified atom stereocenters. The van der Waals surface area contributed by atoms with Crippen molar-refractivity contribution < 1.29 is 9.45 Å². The predicted octanol–water partition coefficient (Wildman–Crippen LogP) is 3.89. The van der Waals surface area contributed by atoms with Gasteiger partial charge in [0.2, 0.25) is 0 Å². The van der Waals surface area contributed by atoms with Crippen LogP contribution in [0.4, 0.5) is 0 Å². The van der Waals surface area contributed by atoms with Crippen molar-refractivity contribution in [3.63, 3.8) is 0 Å². The van der Waals surface area contributed by atoms with Crippen LogP contribution in [-0.2, 0) is 11.2 Å². The van der Waals surface area contributed by atoms with Gasteiger partial charge in [-0.2, -0.15) is 0 Å². The topological polar surface area (TPSA) is 38.3 Å². The summed E-state index contributed by atoms with van der Waals surface area (Å²) < 4.78 is 6.33. The average molecular weight is 392 g/mol. The average Bonchev–Trinajstić information content (AvgIpc) is 2.84. The molecule has 0 amide bonds. The predicted molar refractivity (Wildman–Crippen MR) is 123 cm³/mol. The van der Waals surface area contributed by atoms with E-state index in [2.05, 4.69) is 17.4 Å². The van der Waals surface area contributed by atoms with Crippen molar-refractivity contribution in [2.75, 3.05) is 0 Å². The second-order valence-electron chi connectivity index (χ2n) is 7.25. The van der Waals surface area contributed by atoms with E-state index in [9.17, 15) is 4.79 Å². The van der Waals surface area contributed by atoms with Gasteiger partial charge in [0.25, 0.3) is 12.5 Å². The molecule has 0 heterocycles. The van der Waals surface area contributed by atoms with Gasteiger partial charge in [0.15, 0.2) is 0 Å². The quantitative estimate of drug-likeness (QED) is 0.485. The van der Waals surface area contributed by atoms with Crippen molar-refractivity contribution >= 4 is 23.4 Å². The first-order valence-electron chi connectivity index (χ1n) is 10.1. The minimum atomic E-state index is -2.01. The van der Waals surface area contributed by atoms with Crippen LogP contribution >= 0.6 is 0 Å². The van der Waals surface area contributed by atoms with E-state index in [-0.39, 0.29) is 5.97 Å². The molecule has 30 heavy (non-hydrogen) atoms. The van der Waals surface area contributed by atoms with Crippen LogP contribution < -0.4 is 16.2 Å². The molecular formula is C26H23BNO2-. The lowest BCUT2D eigenvalue weighted by Gasteiger charge is -2.43. The molecule has 4 aromatic carbocycles. The summed E-state index contributed by atoms with van der Waals surface area (Å²) in [6, 6.07) is 39.0. The number of carbonyl (C=O) groups is 1. The van der Waals surface area contributed by atoms with Gasteiger partial charge in [-0.25, -0.2) is 0 Å². The van der Waals surface area contributed by atoms with Crippen molar-refractivity contribution in [1.29, 1.82) is 0 Å². The molecule has 0 aliphatic carbocycles. The highest BCUT2D eigenvalue weighted by Crippen LogP contribution is 2.12. The zero-order valence-electron chi connectivity index (χ0n) is 16.6. The summed E-state index contributed by atoms with van der Waals surface area (Å²) in [5, 5.41) is 3.60. The molecule has 4 rings (SSSR count). The van der Waals surface area contributed by atoms with Gasteiger partial charge in [-0.05, 0) is 24.2 Å². The standard InChI is InChI=1S/C26H23BNO2/c29-26(23-15-7-2-8-16-23)30-27(24-17-9-3-10-18-24,25-19-11-4-12-20-25)28-21-22-13-5-1-6-14-22/h1-20,28H,21H2/q-1. The molecule has 0 saturated heterocycles. The molecule has 0 aliphatic heterocycles. The fourth-order valence-electron chi connectivity index (χ4n) is 3.71. The van der Waals surface area contributed by atoms with Crippen LogP contribution in [0.2, 0.25) is 0 Å². The Bertz CT molecular complexity index is 1030. The molecule has 0 spiro atoms. The maximum atomic E-state index is 13.2. The van der Waals surface area contributed by atoms with E-state index in [1.807, 2.05) is 97.1 Å². The highest BCUT2D eigenvalue weighted by atomic mass is 16.5. The molecule has 4 aromatic rings. The highest BCUT2D eigenvalue weighted by Gasteiger charge is 2.33. The Balaban J connectivity index is 1.79. The molecular weight excluding hydrogens is 369 g/mol. The second kappa shape index (κ2) is 9.25. The van der Waals surface area contributed by atoms with Crippen LogP contribution in [0.3, 0.4) is 0 Å². The minimum Gasteiger partial charge on any atom is -0.664 e. The van der Waals surface area contributed by atoms with Gasteiger partial charge in [-0.3, -0.25) is 4.79 Å². The summed E-state index contributed by atoms with van der Waals surface area (Å²) in [7, 11) is 0. The molecule has 148 valence electrons. The minimum absolute atomic E-state index is 0.358. The fourth-order valence-corrected chi connectivity index (χ4v) is 3.71. The summed E-state index contributed by atoms with van der Waals surface area (Å²) in [5.41, 5.74) is 3.48. The van der Waals surface area contributed by atoms with E-state index in [1.54, 1.807) is 12.1 Å². The van der Waals surface area contributed by atoms with Gasteiger partial charge in [-0.1, -0.05) is 109 Å². The lowest BCUT2D eigenvalue weighted by molar-refractivity contribution is 0.0723. The Morgan fingerprint density at radius 3 is 1.57 bits per heavy atom. The van der Waals surface area contributed by atoms with Crippen molar-refractivity contribution in [2.45, 2.75) is 6.54 Å². The van der Waals surface area contributed by atoms with E-state index in [0.717, 1.165) is 16.5 Å². The molecule has 0 fully saturated rings. The van der Waals surface area contributed by atoms with Crippen LogP contribution in [0.1, 0.15) is 15.9 Å². The lowest BCUT2D eigenvalue weighted by atomic mass is 9.41. The first-order valence-corrected chi connectivity index (χ1v) is 10.1. The van der Waals surface area contributed by atoms with E-state index < -0.39 is 6.48 Å². The third-order valence-corrected chi connectivity index (χ3v) is 5.27. The lowest BCUT2D eigenvalue weighted by Crippen LogP contribution is -2.71. The number of nitrogens with one attached hydrogen (secondary N) is 1. The zero-order valence-corrected chi connectivity index (χ0v) is 16.6. The molecule has 0 aliphatic rings. The molecule has 1 N–H and O–H groups in total. The Morgan fingerprint density at radius 1 is 0.633 bits per heavy atom. The van der Waals surface area contributed by atoms with Crippen LogP contribution in [0, 0.1) is 0 Å². The first kappa shape index (κ1) is 19.7. The summed E-state index contributed by atoms with van der Waals surface area (Å²) in [6.45, 7) is -1.45. The van der Waals surface area contributed by atoms with Crippen molar-refractivity contribution in [2.24, 2.45) is 0 Å². The SMILES string of the molecule is O=C(O[B-](NCc1ccccc1)(c1ccccc1)c1ccccc1)c1ccccc1. The van der Waals surface area contributed by atoms with Crippen LogP contribution in [-0.4, -0.2) is 12.5 Å². The fraction of sp³-hybridized carbons (Fsp3) is 0.0385. The number of carbonyl (C=O) groups excluding carboxylic acids is 1. The van der Waals surface area contributed by atoms with E-state index in [4.69, 9.17) is 4.65 Å². The number of benzene rings is 4. The number of hydrogen-bond donors (Lipinski definition) is 1. The smallest absolute Gasteiger partial charge is 0.293 e. The largest absolute Gasteiger partial charge is 0.664 e. The Kier molecular flexibility index (Phi) is 6.07. The Morgan fingerprint density at radius 2 is 1.07 bits per heavy atom. The summed E-state index contributed by atoms with van der Waals surface area (Å²) >= 11 is 0. The van der Waals surface area contributed by atoms with Gasteiger partial charge < -0.3 is 9.88 Å². The molecule has 4 heteroatoms. The summed E-state index contributed by atoms with van der Waals surface area (Å²) in [6.07, 6.45) is 0. The van der Waals surface area contributed by atoms with E-state index in [0.29, 0.717) is 12.1 Å². The molecule has 0 bridgehead atoms. The maximum absolute atomic E-state index is 13.2. The summed E-state index contributed by atoms with van der Waals surface area (Å²) in [5.74, 6) is -0.358. The van der Waals surface area contributed by atoms with E-state index >= 15 is 0 Å². The van der Waals surface area contributed by atoms with Gasteiger partial charge in [0.1, 0.15) is 0 Å². The van der Waals surface area contributed by atoms with Crippen molar-refractivity contribution in [1.82, 2.24) is 5.23 Å². The second-order valence-corrected chi connectivity index (χ2v) is 7.25. The molecule has 0 saturated carbocycles. The monoisotopic (exact) mass is 392 g/mol. The number of rotatable bonds is 7. The number of hydrogen-bond acceptors (Lipinski definition) is 3. The van der Waals surface area contributed by atoms with Gasteiger partial charge in [0.05, 0.1) is 5.56 Å². The van der Waals surface area contributed by atoms with Crippen LogP contribution in [0.15, 0.2) is 121 Å². The van der Waals surface area contributed by atoms with Crippen molar-refractivity contribution in [3.05, 3.63) is 132 Å². The summed E-state index contributed by atoms with van der Waals surface area (Å²) in [4.78, 5) is 13.2. The van der Waals surface area contributed by atoms with Gasteiger partial charge in [-0.15, -0.1) is 10.9 Å². The Hall–Kier alpha value is -3.63. The third-order valence-electron chi connectivity index (χ3n) is 5.27. The van der Waals surface area contributed by atoms with Crippen LogP contribution in [0.5, 0.6) is 0 Å². The highest BCUT2D eigenvalue weighted by molar-refractivity contribution is 6.96.